The molecule has 0 unspecified atom stereocenters. The zero-order valence-corrected chi connectivity index (χ0v) is 22.4. The molecule has 2 amide bonds. The van der Waals surface area contributed by atoms with Gasteiger partial charge in [-0.15, -0.1) is 0 Å². The van der Waals surface area contributed by atoms with Crippen LogP contribution in [0.4, 0.5) is 0 Å². The molecule has 0 aliphatic rings. The highest BCUT2D eigenvalue weighted by molar-refractivity contribution is 7.88. The summed E-state index contributed by atoms with van der Waals surface area (Å²) in [5.41, 5.74) is 2.26. The molecular weight excluding hydrogens is 486 g/mol. The SMILES string of the molecule is CC(C)CNC(=O)[C@@H](c1ccccc1)N(Cc1ccccc1)C(=O)CN(Cc1ccccc1)S(C)(=O)=O. The van der Waals surface area contributed by atoms with Gasteiger partial charge in [0.25, 0.3) is 0 Å². The number of nitrogens with one attached hydrogen (secondary N) is 1. The Hall–Kier alpha value is -3.49. The molecule has 3 rings (SSSR count). The monoisotopic (exact) mass is 521 g/mol. The summed E-state index contributed by atoms with van der Waals surface area (Å²) in [5, 5.41) is 2.96. The van der Waals surface area contributed by atoms with Gasteiger partial charge in [0.05, 0.1) is 12.8 Å². The summed E-state index contributed by atoms with van der Waals surface area (Å²) in [7, 11) is -3.71. The third kappa shape index (κ3) is 8.55. The van der Waals surface area contributed by atoms with Gasteiger partial charge in [-0.2, -0.15) is 4.31 Å². The Labute approximate surface area is 220 Å². The van der Waals surface area contributed by atoms with Crippen molar-refractivity contribution in [3.63, 3.8) is 0 Å². The maximum absolute atomic E-state index is 13.9. The molecule has 3 aromatic rings. The molecule has 0 aromatic heterocycles. The lowest BCUT2D eigenvalue weighted by molar-refractivity contribution is -0.141. The zero-order valence-electron chi connectivity index (χ0n) is 21.6. The minimum Gasteiger partial charge on any atom is -0.354 e. The standard InChI is InChI=1S/C29H35N3O4S/c1-23(2)19-30-29(34)28(26-17-11-6-12-18-26)32(21-25-15-9-5-10-16-25)27(33)22-31(37(3,35)36)20-24-13-7-4-8-14-24/h4-18,23,28H,19-22H2,1-3H3,(H,30,34)/t28-/m1/s1. The van der Waals surface area contributed by atoms with Crippen LogP contribution >= 0.6 is 0 Å². The van der Waals surface area contributed by atoms with E-state index in [4.69, 9.17) is 0 Å². The van der Waals surface area contributed by atoms with Crippen LogP contribution in [0.1, 0.15) is 36.6 Å². The third-order valence-corrected chi connectivity index (χ3v) is 7.05. The average Bonchev–Trinajstić information content (AvgIpc) is 2.88. The first-order valence-corrected chi connectivity index (χ1v) is 14.1. The van der Waals surface area contributed by atoms with Crippen LogP contribution in [0, 0.1) is 5.92 Å². The molecule has 0 bridgehead atoms. The summed E-state index contributed by atoms with van der Waals surface area (Å²) in [5.74, 6) is -0.540. The molecule has 0 radical (unpaired) electrons. The van der Waals surface area contributed by atoms with Crippen LogP contribution in [0.15, 0.2) is 91.0 Å². The van der Waals surface area contributed by atoms with E-state index in [1.54, 1.807) is 0 Å². The normalized spacial score (nSPS) is 12.4. The molecule has 0 aliphatic heterocycles. The van der Waals surface area contributed by atoms with Crippen molar-refractivity contribution in [1.29, 1.82) is 0 Å². The number of sulfonamides is 1. The third-order valence-electron chi connectivity index (χ3n) is 5.86. The molecule has 0 fully saturated rings. The van der Waals surface area contributed by atoms with E-state index in [0.29, 0.717) is 12.1 Å². The van der Waals surface area contributed by atoms with Crippen LogP contribution in [-0.4, -0.2) is 48.8 Å². The van der Waals surface area contributed by atoms with Gasteiger partial charge in [0.15, 0.2) is 0 Å². The molecule has 3 aromatic carbocycles. The first-order valence-electron chi connectivity index (χ1n) is 12.3. The lowest BCUT2D eigenvalue weighted by atomic mass is 10.0. The molecule has 0 saturated carbocycles. The van der Waals surface area contributed by atoms with Gasteiger partial charge in [0.1, 0.15) is 6.04 Å². The molecule has 0 saturated heterocycles. The molecule has 0 aliphatic carbocycles. The van der Waals surface area contributed by atoms with Gasteiger partial charge in [-0.05, 0) is 22.6 Å². The van der Waals surface area contributed by atoms with Crippen LogP contribution in [0.25, 0.3) is 0 Å². The summed E-state index contributed by atoms with van der Waals surface area (Å²) in [6.07, 6.45) is 1.09. The Kier molecular flexibility index (Phi) is 10.00. The topological polar surface area (TPSA) is 86.8 Å². The minimum absolute atomic E-state index is 0.0557. The second kappa shape index (κ2) is 13.2. The van der Waals surface area contributed by atoms with Gasteiger partial charge >= 0.3 is 0 Å². The second-order valence-electron chi connectivity index (χ2n) is 9.48. The van der Waals surface area contributed by atoms with Crippen LogP contribution in [0.5, 0.6) is 0 Å². The van der Waals surface area contributed by atoms with Crippen molar-refractivity contribution < 1.29 is 18.0 Å². The van der Waals surface area contributed by atoms with Crippen molar-refractivity contribution in [2.24, 2.45) is 5.92 Å². The van der Waals surface area contributed by atoms with Crippen molar-refractivity contribution in [3.05, 3.63) is 108 Å². The number of carbonyl (C=O) groups excluding carboxylic acids is 2. The molecule has 0 spiro atoms. The molecule has 0 heterocycles. The fourth-order valence-electron chi connectivity index (χ4n) is 3.93. The van der Waals surface area contributed by atoms with Gasteiger partial charge in [-0.3, -0.25) is 9.59 Å². The summed E-state index contributed by atoms with van der Waals surface area (Å²) >= 11 is 0. The Morgan fingerprint density at radius 2 is 1.27 bits per heavy atom. The predicted molar refractivity (Wildman–Crippen MR) is 146 cm³/mol. The Morgan fingerprint density at radius 1 is 0.784 bits per heavy atom. The fraction of sp³-hybridized carbons (Fsp3) is 0.310. The fourth-order valence-corrected chi connectivity index (χ4v) is 4.66. The smallest absolute Gasteiger partial charge is 0.247 e. The van der Waals surface area contributed by atoms with Crippen molar-refractivity contribution in [2.75, 3.05) is 19.3 Å². The van der Waals surface area contributed by atoms with E-state index in [1.165, 1.54) is 4.90 Å². The number of hydrogen-bond donors (Lipinski definition) is 1. The van der Waals surface area contributed by atoms with E-state index in [9.17, 15) is 18.0 Å². The van der Waals surface area contributed by atoms with E-state index in [1.807, 2.05) is 105 Å². The lowest BCUT2D eigenvalue weighted by Gasteiger charge is -2.33. The van der Waals surface area contributed by atoms with E-state index in [0.717, 1.165) is 21.7 Å². The van der Waals surface area contributed by atoms with Gasteiger partial charge in [-0.1, -0.05) is 105 Å². The van der Waals surface area contributed by atoms with Crippen LogP contribution in [-0.2, 0) is 32.7 Å². The van der Waals surface area contributed by atoms with E-state index in [2.05, 4.69) is 5.32 Å². The van der Waals surface area contributed by atoms with E-state index >= 15 is 0 Å². The number of benzene rings is 3. The van der Waals surface area contributed by atoms with E-state index in [-0.39, 0.29) is 31.5 Å². The Bertz CT molecular complexity index is 1250. The second-order valence-corrected chi connectivity index (χ2v) is 11.5. The minimum atomic E-state index is -3.71. The molecule has 196 valence electrons. The Morgan fingerprint density at radius 3 is 1.76 bits per heavy atom. The highest BCUT2D eigenvalue weighted by atomic mass is 32.2. The number of hydrogen-bond acceptors (Lipinski definition) is 4. The first-order chi connectivity index (χ1) is 17.6. The van der Waals surface area contributed by atoms with Crippen LogP contribution in [0.3, 0.4) is 0 Å². The zero-order chi connectivity index (χ0) is 26.8. The van der Waals surface area contributed by atoms with Gasteiger partial charge in [0.2, 0.25) is 21.8 Å². The summed E-state index contributed by atoms with van der Waals surface area (Å²) < 4.78 is 26.5. The van der Waals surface area contributed by atoms with Crippen LogP contribution < -0.4 is 5.32 Å². The Balaban J connectivity index is 1.99. The molecule has 7 nitrogen and oxygen atoms in total. The van der Waals surface area contributed by atoms with E-state index < -0.39 is 22.0 Å². The summed E-state index contributed by atoms with van der Waals surface area (Å²) in [6, 6.07) is 26.7. The van der Waals surface area contributed by atoms with Crippen molar-refractivity contribution in [3.8, 4) is 0 Å². The maximum atomic E-state index is 13.9. The summed E-state index contributed by atoms with van der Waals surface area (Å²) in [4.78, 5) is 28.9. The number of amides is 2. The molecule has 37 heavy (non-hydrogen) atoms. The first kappa shape index (κ1) is 28.1. The van der Waals surface area contributed by atoms with Crippen molar-refractivity contribution >= 4 is 21.8 Å². The number of carbonyl (C=O) groups is 2. The van der Waals surface area contributed by atoms with Gasteiger partial charge in [-0.25, -0.2) is 8.42 Å². The molecule has 8 heteroatoms. The summed E-state index contributed by atoms with van der Waals surface area (Å²) in [6.45, 7) is 4.27. The average molecular weight is 522 g/mol. The number of rotatable bonds is 12. The molecular formula is C29H35N3O4S. The largest absolute Gasteiger partial charge is 0.354 e. The lowest BCUT2D eigenvalue weighted by Crippen LogP contribution is -2.48. The quantitative estimate of drug-likeness (QED) is 0.391. The van der Waals surface area contributed by atoms with Crippen molar-refractivity contribution in [2.45, 2.75) is 33.0 Å². The predicted octanol–water partition coefficient (Wildman–Crippen LogP) is 3.99. The highest BCUT2D eigenvalue weighted by Gasteiger charge is 2.33. The maximum Gasteiger partial charge on any atom is 0.247 e. The highest BCUT2D eigenvalue weighted by Crippen LogP contribution is 2.25. The van der Waals surface area contributed by atoms with Gasteiger partial charge < -0.3 is 10.2 Å². The van der Waals surface area contributed by atoms with Crippen molar-refractivity contribution in [1.82, 2.24) is 14.5 Å². The number of nitrogens with zero attached hydrogens (tertiary/aromatic N) is 2. The van der Waals surface area contributed by atoms with Gasteiger partial charge in [0, 0.05) is 19.6 Å². The molecule has 1 atom stereocenters. The molecule has 1 N–H and O–H groups in total. The van der Waals surface area contributed by atoms with Crippen LogP contribution in [0.2, 0.25) is 0 Å².